The van der Waals surface area contributed by atoms with Gasteiger partial charge < -0.3 is 0 Å². The molecule has 2 fully saturated rings. The molecule has 0 amide bonds. The molecule has 0 N–H and O–H groups in total. The van der Waals surface area contributed by atoms with Crippen LogP contribution in [0.2, 0.25) is 0 Å². The van der Waals surface area contributed by atoms with Crippen molar-refractivity contribution in [2.75, 3.05) is 13.1 Å². The maximum atomic E-state index is 13.3. The first-order chi connectivity index (χ1) is 11.6. The molecule has 0 aliphatic carbocycles. The summed E-state index contributed by atoms with van der Waals surface area (Å²) in [6, 6.07) is 17.5. The van der Waals surface area contributed by atoms with Gasteiger partial charge in [0.05, 0.1) is 4.90 Å². The van der Waals surface area contributed by atoms with Crippen LogP contribution in [0.1, 0.15) is 30.1 Å². The number of fused-ring (bicyclic) bond motifs is 1. The van der Waals surface area contributed by atoms with E-state index in [2.05, 4.69) is 4.90 Å². The standard InChI is InChI=1S/C19H22N2O2S/c1-15-9-11-18(12-10-15)24(22,23)21-14-17-8-5-13-20(17)19(21)16-6-3-2-4-7-16/h2-4,6-7,9-12,17,19H,5,8,13-14H2,1H3. The molecular formula is C19H22N2O2S. The summed E-state index contributed by atoms with van der Waals surface area (Å²) in [5.74, 6) is 0. The Balaban J connectivity index is 1.76. The van der Waals surface area contributed by atoms with E-state index in [1.165, 1.54) is 0 Å². The summed E-state index contributed by atoms with van der Waals surface area (Å²) in [6.07, 6.45) is 2.03. The van der Waals surface area contributed by atoms with Gasteiger partial charge in [-0.25, -0.2) is 8.42 Å². The third kappa shape index (κ3) is 2.57. The lowest BCUT2D eigenvalue weighted by molar-refractivity contribution is 0.198. The van der Waals surface area contributed by atoms with Crippen LogP contribution in [0.25, 0.3) is 0 Å². The molecule has 0 radical (unpaired) electrons. The Morgan fingerprint density at radius 3 is 2.42 bits per heavy atom. The molecule has 2 aromatic carbocycles. The van der Waals surface area contributed by atoms with Crippen LogP contribution in [-0.4, -0.2) is 36.8 Å². The normalized spacial score (nSPS) is 25.0. The summed E-state index contributed by atoms with van der Waals surface area (Å²) in [5.41, 5.74) is 2.12. The minimum Gasteiger partial charge on any atom is -0.279 e. The lowest BCUT2D eigenvalue weighted by atomic mass is 10.1. The van der Waals surface area contributed by atoms with E-state index in [0.29, 0.717) is 17.5 Å². The molecule has 24 heavy (non-hydrogen) atoms. The van der Waals surface area contributed by atoms with E-state index in [-0.39, 0.29) is 6.17 Å². The van der Waals surface area contributed by atoms with Crippen LogP contribution in [0.3, 0.4) is 0 Å². The van der Waals surface area contributed by atoms with Gasteiger partial charge in [0.1, 0.15) is 6.17 Å². The average Bonchev–Trinajstić information content (AvgIpc) is 3.17. The van der Waals surface area contributed by atoms with E-state index in [4.69, 9.17) is 0 Å². The fourth-order valence-corrected chi connectivity index (χ4v) is 5.53. The molecule has 2 saturated heterocycles. The number of nitrogens with zero attached hydrogens (tertiary/aromatic N) is 2. The fraction of sp³-hybridized carbons (Fsp3) is 0.368. The zero-order valence-corrected chi connectivity index (χ0v) is 14.6. The molecule has 0 aromatic heterocycles. The summed E-state index contributed by atoms with van der Waals surface area (Å²) < 4.78 is 28.2. The molecule has 4 rings (SSSR count). The molecule has 5 heteroatoms. The van der Waals surface area contributed by atoms with Crippen molar-refractivity contribution in [1.29, 1.82) is 0 Å². The molecule has 2 aliphatic heterocycles. The molecule has 2 aromatic rings. The highest BCUT2D eigenvalue weighted by atomic mass is 32.2. The van der Waals surface area contributed by atoms with Gasteiger partial charge in [0.25, 0.3) is 0 Å². The first-order valence-corrected chi connectivity index (χ1v) is 9.90. The smallest absolute Gasteiger partial charge is 0.244 e. The van der Waals surface area contributed by atoms with Crippen molar-refractivity contribution in [3.63, 3.8) is 0 Å². The highest BCUT2D eigenvalue weighted by Crippen LogP contribution is 2.41. The molecule has 4 nitrogen and oxygen atoms in total. The van der Waals surface area contributed by atoms with Crippen molar-refractivity contribution < 1.29 is 8.42 Å². The van der Waals surface area contributed by atoms with E-state index < -0.39 is 10.0 Å². The van der Waals surface area contributed by atoms with Crippen LogP contribution in [0.4, 0.5) is 0 Å². The van der Waals surface area contributed by atoms with E-state index in [1.807, 2.05) is 49.4 Å². The lowest BCUT2D eigenvalue weighted by Gasteiger charge is -2.29. The lowest BCUT2D eigenvalue weighted by Crippen LogP contribution is -2.35. The molecule has 2 aliphatic rings. The Bertz CT molecular complexity index is 818. The number of aryl methyl sites for hydroxylation is 1. The fourth-order valence-electron chi connectivity index (χ4n) is 3.91. The van der Waals surface area contributed by atoms with E-state index in [0.717, 1.165) is 30.5 Å². The Morgan fingerprint density at radius 2 is 1.71 bits per heavy atom. The van der Waals surface area contributed by atoms with Crippen molar-refractivity contribution in [3.05, 3.63) is 65.7 Å². The van der Waals surface area contributed by atoms with Crippen molar-refractivity contribution >= 4 is 10.0 Å². The second-order valence-corrected chi connectivity index (χ2v) is 8.60. The van der Waals surface area contributed by atoms with Crippen LogP contribution < -0.4 is 0 Å². The molecule has 126 valence electrons. The van der Waals surface area contributed by atoms with E-state index >= 15 is 0 Å². The third-order valence-corrected chi connectivity index (χ3v) is 6.96. The maximum absolute atomic E-state index is 13.3. The minimum absolute atomic E-state index is 0.190. The Kier molecular flexibility index (Phi) is 3.95. The van der Waals surface area contributed by atoms with Crippen LogP contribution in [0, 0.1) is 6.92 Å². The second kappa shape index (κ2) is 5.99. The van der Waals surface area contributed by atoms with Gasteiger partial charge in [-0.2, -0.15) is 4.31 Å². The highest BCUT2D eigenvalue weighted by Gasteiger charge is 2.47. The summed E-state index contributed by atoms with van der Waals surface area (Å²) >= 11 is 0. The molecule has 2 unspecified atom stereocenters. The van der Waals surface area contributed by atoms with Crippen LogP contribution in [0.5, 0.6) is 0 Å². The van der Waals surface area contributed by atoms with Crippen LogP contribution >= 0.6 is 0 Å². The minimum atomic E-state index is -3.50. The number of sulfonamides is 1. The van der Waals surface area contributed by atoms with E-state index in [1.54, 1.807) is 16.4 Å². The molecule has 0 bridgehead atoms. The Morgan fingerprint density at radius 1 is 1.00 bits per heavy atom. The summed E-state index contributed by atoms with van der Waals surface area (Å²) in [5, 5.41) is 0. The Hall–Kier alpha value is -1.69. The van der Waals surface area contributed by atoms with Gasteiger partial charge in [-0.3, -0.25) is 4.90 Å². The van der Waals surface area contributed by atoms with Crippen LogP contribution in [0.15, 0.2) is 59.5 Å². The van der Waals surface area contributed by atoms with Crippen LogP contribution in [-0.2, 0) is 10.0 Å². The largest absolute Gasteiger partial charge is 0.279 e. The third-order valence-electron chi connectivity index (χ3n) is 5.13. The monoisotopic (exact) mass is 342 g/mol. The predicted octanol–water partition coefficient (Wildman–Crippen LogP) is 3.16. The molecule has 2 atom stereocenters. The Labute approximate surface area is 143 Å². The van der Waals surface area contributed by atoms with Gasteiger partial charge in [0.15, 0.2) is 0 Å². The van der Waals surface area contributed by atoms with Crippen molar-refractivity contribution in [3.8, 4) is 0 Å². The zero-order chi connectivity index (χ0) is 16.7. The second-order valence-electron chi connectivity index (χ2n) is 6.71. The quantitative estimate of drug-likeness (QED) is 0.860. The summed E-state index contributed by atoms with van der Waals surface area (Å²) in [4.78, 5) is 2.73. The number of hydrogen-bond acceptors (Lipinski definition) is 3. The average molecular weight is 342 g/mol. The number of rotatable bonds is 3. The SMILES string of the molecule is Cc1ccc(S(=O)(=O)N2CC3CCCN3C2c2ccccc2)cc1. The van der Waals surface area contributed by atoms with Gasteiger partial charge in [-0.15, -0.1) is 0 Å². The maximum Gasteiger partial charge on any atom is 0.244 e. The topological polar surface area (TPSA) is 40.6 Å². The van der Waals surface area contributed by atoms with Gasteiger partial charge in [-0.1, -0.05) is 48.0 Å². The van der Waals surface area contributed by atoms with Crippen molar-refractivity contribution in [2.45, 2.75) is 36.9 Å². The first kappa shape index (κ1) is 15.8. The summed E-state index contributed by atoms with van der Waals surface area (Å²) in [7, 11) is -3.50. The first-order valence-electron chi connectivity index (χ1n) is 8.46. The molecular weight excluding hydrogens is 320 g/mol. The molecule has 0 spiro atoms. The van der Waals surface area contributed by atoms with Crippen molar-refractivity contribution in [2.24, 2.45) is 0 Å². The molecule has 0 saturated carbocycles. The highest BCUT2D eigenvalue weighted by molar-refractivity contribution is 7.89. The zero-order valence-electron chi connectivity index (χ0n) is 13.8. The summed E-state index contributed by atoms with van der Waals surface area (Å²) in [6.45, 7) is 3.51. The van der Waals surface area contributed by atoms with Gasteiger partial charge >= 0.3 is 0 Å². The van der Waals surface area contributed by atoms with Gasteiger partial charge in [0.2, 0.25) is 10.0 Å². The van der Waals surface area contributed by atoms with Gasteiger partial charge in [-0.05, 0) is 37.5 Å². The van der Waals surface area contributed by atoms with Gasteiger partial charge in [0, 0.05) is 19.1 Å². The van der Waals surface area contributed by atoms with Crippen molar-refractivity contribution in [1.82, 2.24) is 9.21 Å². The molecule has 2 heterocycles. The predicted molar refractivity (Wildman–Crippen MR) is 94.0 cm³/mol. The number of benzene rings is 2. The number of hydrogen-bond donors (Lipinski definition) is 0. The van der Waals surface area contributed by atoms with E-state index in [9.17, 15) is 8.42 Å².